The van der Waals surface area contributed by atoms with Crippen LogP contribution in [-0.2, 0) is 6.54 Å². The van der Waals surface area contributed by atoms with E-state index >= 15 is 0 Å². The lowest BCUT2D eigenvalue weighted by Crippen LogP contribution is -2.49. The molecular weight excluding hydrogens is 332 g/mol. The Hall–Kier alpha value is -2.29. The summed E-state index contributed by atoms with van der Waals surface area (Å²) in [5.41, 5.74) is 1.86. The zero-order chi connectivity index (χ0) is 17.9. The molecule has 1 amide bonds. The van der Waals surface area contributed by atoms with Gasteiger partial charge in [0.2, 0.25) is 0 Å². The Balaban J connectivity index is 1.31. The minimum Gasteiger partial charge on any atom is -0.374 e. The van der Waals surface area contributed by atoms with E-state index in [4.69, 9.17) is 0 Å². The molecule has 1 atom stereocenters. The summed E-state index contributed by atoms with van der Waals surface area (Å²) in [6.45, 7) is 5.62. The monoisotopic (exact) mass is 356 g/mol. The van der Waals surface area contributed by atoms with Gasteiger partial charge in [0.15, 0.2) is 0 Å². The number of hydrogen-bond donors (Lipinski definition) is 1. The predicted octanol–water partition coefficient (Wildman–Crippen LogP) is 0.761. The summed E-state index contributed by atoms with van der Waals surface area (Å²) in [5.74, 6) is 0. The van der Waals surface area contributed by atoms with E-state index in [0.717, 1.165) is 39.1 Å². The molecule has 4 rings (SSSR count). The molecule has 2 fully saturated rings. The lowest BCUT2D eigenvalue weighted by Gasteiger charge is -2.35. The number of carbonyl (C=O) groups excluding carboxylic acids is 1. The maximum Gasteiger partial charge on any atom is 0.344 e. The fourth-order valence-electron chi connectivity index (χ4n) is 3.36. The largest absolute Gasteiger partial charge is 0.374 e. The van der Waals surface area contributed by atoms with Gasteiger partial charge in [-0.1, -0.05) is 6.07 Å². The Labute approximate surface area is 152 Å². The van der Waals surface area contributed by atoms with Gasteiger partial charge in [-0.25, -0.2) is 4.79 Å². The zero-order valence-corrected chi connectivity index (χ0v) is 14.7. The number of amides is 1. The summed E-state index contributed by atoms with van der Waals surface area (Å²) >= 11 is 0. The number of aliphatic hydroxyl groups excluding tert-OH is 1. The summed E-state index contributed by atoms with van der Waals surface area (Å²) in [5, 5.41) is 14.4. The summed E-state index contributed by atoms with van der Waals surface area (Å²) in [6, 6.07) is 3.88. The van der Waals surface area contributed by atoms with Crippen molar-refractivity contribution >= 4 is 6.03 Å². The normalized spacial score (nSPS) is 20.0. The minimum absolute atomic E-state index is 0.131. The van der Waals surface area contributed by atoms with Crippen LogP contribution >= 0.6 is 0 Å². The fourth-order valence-corrected chi connectivity index (χ4v) is 3.36. The van der Waals surface area contributed by atoms with E-state index in [9.17, 15) is 9.90 Å². The number of pyridine rings is 1. The summed E-state index contributed by atoms with van der Waals surface area (Å²) in [6.07, 6.45) is 7.32. The molecule has 0 saturated carbocycles. The number of carbonyl (C=O) groups is 1. The first kappa shape index (κ1) is 17.1. The van der Waals surface area contributed by atoms with Crippen LogP contribution in [0.15, 0.2) is 36.9 Å². The molecule has 4 heterocycles. The van der Waals surface area contributed by atoms with Crippen molar-refractivity contribution < 1.29 is 9.90 Å². The highest BCUT2D eigenvalue weighted by Gasteiger charge is 2.27. The van der Waals surface area contributed by atoms with Crippen LogP contribution < -0.4 is 0 Å². The second kappa shape index (κ2) is 7.53. The lowest BCUT2D eigenvalue weighted by molar-refractivity contribution is -0.0365. The molecule has 1 unspecified atom stereocenters. The highest BCUT2D eigenvalue weighted by atomic mass is 16.3. The molecule has 2 aliphatic heterocycles. The predicted molar refractivity (Wildman–Crippen MR) is 95.3 cm³/mol. The van der Waals surface area contributed by atoms with Gasteiger partial charge in [-0.05, 0) is 18.1 Å². The first-order valence-corrected chi connectivity index (χ1v) is 9.08. The van der Waals surface area contributed by atoms with Gasteiger partial charge in [-0.15, -0.1) is 0 Å². The smallest absolute Gasteiger partial charge is 0.344 e. The maximum absolute atomic E-state index is 12.7. The van der Waals surface area contributed by atoms with E-state index in [1.807, 2.05) is 22.1 Å². The first-order valence-electron chi connectivity index (χ1n) is 9.08. The molecule has 8 nitrogen and oxygen atoms in total. The van der Waals surface area contributed by atoms with Crippen LogP contribution in [0.3, 0.4) is 0 Å². The summed E-state index contributed by atoms with van der Waals surface area (Å²) in [7, 11) is 0. The van der Waals surface area contributed by atoms with Crippen molar-refractivity contribution in [2.24, 2.45) is 0 Å². The number of hydrogen-bond acceptors (Lipinski definition) is 6. The van der Waals surface area contributed by atoms with Gasteiger partial charge in [0.05, 0.1) is 6.20 Å². The molecule has 0 aromatic carbocycles. The van der Waals surface area contributed by atoms with Gasteiger partial charge < -0.3 is 10.0 Å². The van der Waals surface area contributed by atoms with Crippen LogP contribution in [0.25, 0.3) is 0 Å². The molecule has 8 heteroatoms. The third-order valence-corrected chi connectivity index (χ3v) is 5.11. The van der Waals surface area contributed by atoms with E-state index in [0.29, 0.717) is 18.7 Å². The summed E-state index contributed by atoms with van der Waals surface area (Å²) in [4.78, 5) is 22.9. The van der Waals surface area contributed by atoms with Crippen LogP contribution in [0.2, 0.25) is 0 Å². The SMILES string of the molecule is O=C(N1CCN(Cc2cccnc2)CC1)n1cc(C(O)N2CCC2)cn1. The number of rotatable bonds is 4. The Morgan fingerprint density at radius 1 is 1.15 bits per heavy atom. The third-order valence-electron chi connectivity index (χ3n) is 5.11. The molecule has 1 N–H and O–H groups in total. The molecule has 2 saturated heterocycles. The summed E-state index contributed by atoms with van der Waals surface area (Å²) < 4.78 is 1.34. The van der Waals surface area contributed by atoms with E-state index in [-0.39, 0.29) is 6.03 Å². The van der Waals surface area contributed by atoms with Crippen LogP contribution in [0.5, 0.6) is 0 Å². The topological polar surface area (TPSA) is 77.7 Å². The molecule has 2 aliphatic rings. The Morgan fingerprint density at radius 3 is 2.62 bits per heavy atom. The van der Waals surface area contributed by atoms with Gasteiger partial charge in [-0.3, -0.25) is 14.8 Å². The van der Waals surface area contributed by atoms with Gasteiger partial charge in [-0.2, -0.15) is 9.78 Å². The fraction of sp³-hybridized carbons (Fsp3) is 0.500. The van der Waals surface area contributed by atoms with Gasteiger partial charge in [0.25, 0.3) is 0 Å². The number of nitrogens with zero attached hydrogens (tertiary/aromatic N) is 6. The van der Waals surface area contributed by atoms with Gasteiger partial charge in [0, 0.05) is 70.0 Å². The van der Waals surface area contributed by atoms with Crippen LogP contribution in [0.4, 0.5) is 4.79 Å². The number of aliphatic hydroxyl groups is 1. The molecule has 0 spiro atoms. The van der Waals surface area contributed by atoms with Crippen molar-refractivity contribution in [1.82, 2.24) is 29.5 Å². The highest BCUT2D eigenvalue weighted by Crippen LogP contribution is 2.22. The quantitative estimate of drug-likeness (QED) is 0.872. The molecule has 2 aromatic rings. The first-order chi connectivity index (χ1) is 12.7. The maximum atomic E-state index is 12.7. The lowest BCUT2D eigenvalue weighted by atomic mass is 10.2. The number of aromatic nitrogens is 3. The van der Waals surface area contributed by atoms with E-state index in [1.165, 1.54) is 10.2 Å². The van der Waals surface area contributed by atoms with E-state index in [2.05, 4.69) is 21.0 Å². The number of piperazine rings is 1. The van der Waals surface area contributed by atoms with Crippen molar-refractivity contribution in [2.75, 3.05) is 39.3 Å². The van der Waals surface area contributed by atoms with Crippen molar-refractivity contribution in [3.05, 3.63) is 48.0 Å². The average Bonchev–Trinajstić information content (AvgIpc) is 3.11. The highest BCUT2D eigenvalue weighted by molar-refractivity contribution is 5.76. The second-order valence-electron chi connectivity index (χ2n) is 6.89. The van der Waals surface area contributed by atoms with Gasteiger partial charge >= 0.3 is 6.03 Å². The molecule has 2 aromatic heterocycles. The average molecular weight is 356 g/mol. The zero-order valence-electron chi connectivity index (χ0n) is 14.7. The van der Waals surface area contributed by atoms with Gasteiger partial charge in [0.1, 0.15) is 6.23 Å². The van der Waals surface area contributed by atoms with Crippen molar-refractivity contribution in [1.29, 1.82) is 0 Å². The van der Waals surface area contributed by atoms with Crippen molar-refractivity contribution in [2.45, 2.75) is 19.2 Å². The molecule has 138 valence electrons. The van der Waals surface area contributed by atoms with Crippen molar-refractivity contribution in [3.63, 3.8) is 0 Å². The Morgan fingerprint density at radius 2 is 1.96 bits per heavy atom. The molecule has 0 bridgehead atoms. The number of likely N-dealkylation sites (tertiary alicyclic amines) is 1. The molecule has 0 radical (unpaired) electrons. The molecule has 26 heavy (non-hydrogen) atoms. The Bertz CT molecular complexity index is 737. The minimum atomic E-state index is -0.665. The van der Waals surface area contributed by atoms with Crippen LogP contribution in [-0.4, -0.2) is 79.9 Å². The van der Waals surface area contributed by atoms with E-state index in [1.54, 1.807) is 18.6 Å². The Kier molecular flexibility index (Phi) is 4.96. The second-order valence-corrected chi connectivity index (χ2v) is 6.89. The van der Waals surface area contributed by atoms with E-state index < -0.39 is 6.23 Å². The standard InChI is InChI=1S/C18H24N6O2/c25-17(22-5-2-6-22)16-12-20-24(14-16)18(26)23-9-7-21(8-10-23)13-15-3-1-4-19-11-15/h1,3-4,11-12,14,17,25H,2,5-10,13H2. The molecular formula is C18H24N6O2. The van der Waals surface area contributed by atoms with Crippen LogP contribution in [0.1, 0.15) is 23.8 Å². The van der Waals surface area contributed by atoms with Crippen LogP contribution in [0, 0.1) is 0 Å². The third kappa shape index (κ3) is 3.62. The molecule has 0 aliphatic carbocycles. The van der Waals surface area contributed by atoms with Crippen molar-refractivity contribution in [3.8, 4) is 0 Å².